The summed E-state index contributed by atoms with van der Waals surface area (Å²) in [6.07, 6.45) is 2.76. The van der Waals surface area contributed by atoms with E-state index < -0.39 is 0 Å². The van der Waals surface area contributed by atoms with Gasteiger partial charge in [-0.2, -0.15) is 0 Å². The largest absolute Gasteiger partial charge is 0.497 e. The molecule has 0 radical (unpaired) electrons. The molecule has 1 aromatic carbocycles. The fraction of sp³-hybridized carbons (Fsp3) is 0.412. The van der Waals surface area contributed by atoms with E-state index in [1.807, 2.05) is 29.2 Å². The highest BCUT2D eigenvalue weighted by Crippen LogP contribution is 2.19. The lowest BCUT2D eigenvalue weighted by Gasteiger charge is -2.21. The van der Waals surface area contributed by atoms with Crippen molar-refractivity contribution in [3.8, 4) is 5.75 Å². The number of halogens is 1. The van der Waals surface area contributed by atoms with Crippen molar-refractivity contribution in [2.45, 2.75) is 19.5 Å². The molecule has 1 fully saturated rings. The molecule has 8 heteroatoms. The minimum atomic E-state index is 0. The van der Waals surface area contributed by atoms with Crippen molar-refractivity contribution < 1.29 is 9.53 Å². The van der Waals surface area contributed by atoms with Gasteiger partial charge >= 0.3 is 0 Å². The van der Waals surface area contributed by atoms with E-state index in [4.69, 9.17) is 10.5 Å². The van der Waals surface area contributed by atoms with Crippen molar-refractivity contribution in [1.82, 2.24) is 14.8 Å². The molecule has 136 valence electrons. The third kappa shape index (κ3) is 5.32. The molecular formula is C17H23ClN4O2S. The Bertz CT molecular complexity index is 692. The van der Waals surface area contributed by atoms with Crippen LogP contribution in [0.5, 0.6) is 5.75 Å². The molecule has 0 aliphatic carbocycles. The normalized spacial score (nSPS) is 15.6. The molecule has 0 spiro atoms. The van der Waals surface area contributed by atoms with E-state index in [1.54, 1.807) is 13.3 Å². The highest BCUT2D eigenvalue weighted by Gasteiger charge is 2.22. The number of ether oxygens (including phenoxy) is 1. The zero-order valence-electron chi connectivity index (χ0n) is 14.2. The average molecular weight is 383 g/mol. The Morgan fingerprint density at radius 2 is 2.00 bits per heavy atom. The van der Waals surface area contributed by atoms with Gasteiger partial charge in [0.2, 0.25) is 5.91 Å². The molecule has 1 aliphatic rings. The standard InChI is InChI=1S/C17H22N4O2S.ClH/c1-23-14-5-3-13(4-6-14)10-21-8-2-7-20(12-16(21)22)11-15-9-19-17(18)24-15;/h3-6,9H,2,7-8,10-12H2,1H3,(H2,18,19);1H. The number of aromatic nitrogens is 1. The van der Waals surface area contributed by atoms with Crippen LogP contribution in [0.15, 0.2) is 30.5 Å². The predicted octanol–water partition coefficient (Wildman–Crippen LogP) is 2.39. The summed E-state index contributed by atoms with van der Waals surface area (Å²) in [6, 6.07) is 7.87. The van der Waals surface area contributed by atoms with E-state index in [0.29, 0.717) is 18.2 Å². The van der Waals surface area contributed by atoms with Gasteiger partial charge < -0.3 is 15.4 Å². The number of carbonyl (C=O) groups excluding carboxylic acids is 1. The van der Waals surface area contributed by atoms with Gasteiger partial charge in [-0.25, -0.2) is 4.98 Å². The number of nitrogens with two attached hydrogens (primary N) is 1. The highest BCUT2D eigenvalue weighted by atomic mass is 35.5. The first-order chi connectivity index (χ1) is 11.6. The van der Waals surface area contributed by atoms with Crippen molar-refractivity contribution in [2.75, 3.05) is 32.5 Å². The minimum absolute atomic E-state index is 0. The molecule has 1 aromatic heterocycles. The molecule has 1 aliphatic heterocycles. The molecule has 1 saturated heterocycles. The summed E-state index contributed by atoms with van der Waals surface area (Å²) in [7, 11) is 1.65. The molecular weight excluding hydrogens is 360 g/mol. The Kier molecular flexibility index (Phi) is 7.04. The Morgan fingerprint density at radius 3 is 2.64 bits per heavy atom. The van der Waals surface area contributed by atoms with Crippen LogP contribution in [0.2, 0.25) is 0 Å². The second-order valence-corrected chi connectivity index (χ2v) is 7.04. The molecule has 1 amide bonds. The number of hydrogen-bond donors (Lipinski definition) is 1. The summed E-state index contributed by atoms with van der Waals surface area (Å²) < 4.78 is 5.17. The van der Waals surface area contributed by atoms with E-state index in [2.05, 4.69) is 9.88 Å². The Hall–Kier alpha value is -1.83. The van der Waals surface area contributed by atoms with Gasteiger partial charge in [0, 0.05) is 37.3 Å². The van der Waals surface area contributed by atoms with Gasteiger partial charge in [-0.3, -0.25) is 9.69 Å². The molecule has 3 rings (SSSR count). The first-order valence-corrected chi connectivity index (χ1v) is 8.79. The lowest BCUT2D eigenvalue weighted by molar-refractivity contribution is -0.131. The first-order valence-electron chi connectivity index (χ1n) is 7.97. The fourth-order valence-electron chi connectivity index (χ4n) is 2.85. The van der Waals surface area contributed by atoms with E-state index in [1.165, 1.54) is 11.3 Å². The molecule has 0 atom stereocenters. The van der Waals surface area contributed by atoms with Gasteiger partial charge in [0.1, 0.15) is 5.75 Å². The number of nitrogen functional groups attached to an aromatic ring is 1. The topological polar surface area (TPSA) is 71.7 Å². The second-order valence-electron chi connectivity index (χ2n) is 5.89. The van der Waals surface area contributed by atoms with E-state index in [-0.39, 0.29) is 18.3 Å². The van der Waals surface area contributed by atoms with Crippen LogP contribution in [0, 0.1) is 0 Å². The number of rotatable bonds is 5. The molecule has 0 unspecified atom stereocenters. The number of amides is 1. The Balaban J connectivity index is 0.00000225. The first kappa shape index (κ1) is 19.5. The van der Waals surface area contributed by atoms with Gasteiger partial charge in [-0.05, 0) is 24.1 Å². The van der Waals surface area contributed by atoms with Crippen LogP contribution >= 0.6 is 23.7 Å². The maximum atomic E-state index is 12.6. The van der Waals surface area contributed by atoms with Crippen LogP contribution in [0.3, 0.4) is 0 Å². The third-order valence-electron chi connectivity index (χ3n) is 4.10. The lowest BCUT2D eigenvalue weighted by Crippen LogP contribution is -2.36. The van der Waals surface area contributed by atoms with E-state index >= 15 is 0 Å². The van der Waals surface area contributed by atoms with E-state index in [0.717, 1.165) is 42.2 Å². The molecule has 2 N–H and O–H groups in total. The molecule has 25 heavy (non-hydrogen) atoms. The maximum Gasteiger partial charge on any atom is 0.237 e. The predicted molar refractivity (Wildman–Crippen MR) is 102 cm³/mol. The van der Waals surface area contributed by atoms with Crippen molar-refractivity contribution >= 4 is 34.8 Å². The number of hydrogen-bond acceptors (Lipinski definition) is 6. The van der Waals surface area contributed by atoms with Gasteiger partial charge in [0.25, 0.3) is 0 Å². The van der Waals surface area contributed by atoms with Gasteiger partial charge in [0.15, 0.2) is 5.13 Å². The highest BCUT2D eigenvalue weighted by molar-refractivity contribution is 7.15. The number of thiazole rings is 1. The number of nitrogens with zero attached hydrogens (tertiary/aromatic N) is 3. The molecule has 0 bridgehead atoms. The lowest BCUT2D eigenvalue weighted by atomic mass is 10.2. The zero-order valence-corrected chi connectivity index (χ0v) is 15.8. The van der Waals surface area contributed by atoms with Crippen molar-refractivity contribution in [3.63, 3.8) is 0 Å². The average Bonchev–Trinajstić information content (AvgIpc) is 2.90. The molecule has 2 heterocycles. The summed E-state index contributed by atoms with van der Waals surface area (Å²) in [6.45, 7) is 3.50. The van der Waals surface area contributed by atoms with Crippen LogP contribution in [0.25, 0.3) is 0 Å². The van der Waals surface area contributed by atoms with Gasteiger partial charge in [0.05, 0.1) is 13.7 Å². The quantitative estimate of drug-likeness (QED) is 0.859. The van der Waals surface area contributed by atoms with Gasteiger partial charge in [-0.1, -0.05) is 12.1 Å². The Labute approximate surface area is 158 Å². The molecule has 2 aromatic rings. The Morgan fingerprint density at radius 1 is 1.24 bits per heavy atom. The summed E-state index contributed by atoms with van der Waals surface area (Å²) in [4.78, 5) is 21.8. The number of anilines is 1. The minimum Gasteiger partial charge on any atom is -0.497 e. The number of methoxy groups -OCH3 is 1. The summed E-state index contributed by atoms with van der Waals surface area (Å²) in [5.74, 6) is 0.997. The zero-order chi connectivity index (χ0) is 16.9. The number of benzene rings is 1. The SMILES string of the molecule is COc1ccc(CN2CCCN(Cc3cnc(N)s3)CC2=O)cc1.Cl. The smallest absolute Gasteiger partial charge is 0.237 e. The van der Waals surface area contributed by atoms with Crippen molar-refractivity contribution in [1.29, 1.82) is 0 Å². The third-order valence-corrected chi connectivity index (χ3v) is 4.91. The van der Waals surface area contributed by atoms with Gasteiger partial charge in [-0.15, -0.1) is 23.7 Å². The molecule has 0 saturated carbocycles. The van der Waals surface area contributed by atoms with Crippen LogP contribution < -0.4 is 10.5 Å². The van der Waals surface area contributed by atoms with Crippen LogP contribution in [0.4, 0.5) is 5.13 Å². The second kappa shape index (κ2) is 9.03. The number of carbonyl (C=O) groups is 1. The van der Waals surface area contributed by atoms with E-state index in [9.17, 15) is 4.79 Å². The monoisotopic (exact) mass is 382 g/mol. The fourth-order valence-corrected chi connectivity index (χ4v) is 3.58. The summed E-state index contributed by atoms with van der Waals surface area (Å²) >= 11 is 1.48. The molecule has 6 nitrogen and oxygen atoms in total. The van der Waals surface area contributed by atoms with Crippen LogP contribution in [0.1, 0.15) is 16.9 Å². The summed E-state index contributed by atoms with van der Waals surface area (Å²) in [5.41, 5.74) is 6.79. The summed E-state index contributed by atoms with van der Waals surface area (Å²) in [5, 5.41) is 0.576. The van der Waals surface area contributed by atoms with Crippen molar-refractivity contribution in [2.24, 2.45) is 0 Å². The van der Waals surface area contributed by atoms with Crippen LogP contribution in [-0.2, 0) is 17.9 Å². The van der Waals surface area contributed by atoms with Crippen LogP contribution in [-0.4, -0.2) is 47.4 Å². The van der Waals surface area contributed by atoms with Crippen molar-refractivity contribution in [3.05, 3.63) is 40.9 Å². The maximum absolute atomic E-state index is 12.6.